The van der Waals surface area contributed by atoms with E-state index in [2.05, 4.69) is 11.2 Å². The van der Waals surface area contributed by atoms with Gasteiger partial charge < -0.3 is 14.8 Å². The summed E-state index contributed by atoms with van der Waals surface area (Å²) in [6.45, 7) is 2.33. The van der Waals surface area contributed by atoms with Gasteiger partial charge in [0.1, 0.15) is 24.1 Å². The summed E-state index contributed by atoms with van der Waals surface area (Å²) in [7, 11) is 0. The predicted octanol–water partition coefficient (Wildman–Crippen LogP) is 3.78. The first-order chi connectivity index (χ1) is 13.1. The lowest BCUT2D eigenvalue weighted by molar-refractivity contribution is -0.112. The van der Waals surface area contributed by atoms with Crippen molar-refractivity contribution < 1.29 is 18.7 Å². The lowest BCUT2D eigenvalue weighted by atomic mass is 10.1. The van der Waals surface area contributed by atoms with E-state index in [1.807, 2.05) is 13.0 Å². The van der Waals surface area contributed by atoms with Gasteiger partial charge in [0.2, 0.25) is 0 Å². The van der Waals surface area contributed by atoms with E-state index in [0.29, 0.717) is 29.4 Å². The largest absolute Gasteiger partial charge is 0.490 e. The molecule has 2 rings (SSSR count). The summed E-state index contributed by atoms with van der Waals surface area (Å²) in [4.78, 5) is 12.3. The van der Waals surface area contributed by atoms with Crippen molar-refractivity contribution in [3.8, 4) is 29.9 Å². The fourth-order valence-corrected chi connectivity index (χ4v) is 2.17. The standard InChI is InChI=1S/C21H17FN2O3/c1-3-11-27-19-10-5-15(13-20(19)26-4-2)12-16(14-23)21(25)24-18-8-6-17(22)7-9-18/h1,5-10,12-13H,4,11H2,2H3,(H,24,25)/b16-12+. The number of terminal acetylenes is 1. The number of nitrogens with one attached hydrogen (secondary N) is 1. The number of carbonyl (C=O) groups excluding carboxylic acids is 1. The Hall–Kier alpha value is -3.77. The van der Waals surface area contributed by atoms with Crippen molar-refractivity contribution in [2.45, 2.75) is 6.92 Å². The maximum atomic E-state index is 12.9. The van der Waals surface area contributed by atoms with Crippen LogP contribution in [0.4, 0.5) is 10.1 Å². The van der Waals surface area contributed by atoms with Crippen LogP contribution in [0.15, 0.2) is 48.0 Å². The number of hydrogen-bond acceptors (Lipinski definition) is 4. The lowest BCUT2D eigenvalue weighted by Gasteiger charge is -2.11. The summed E-state index contributed by atoms with van der Waals surface area (Å²) in [6, 6.07) is 12.1. The number of benzene rings is 2. The molecule has 0 bridgehead atoms. The molecular weight excluding hydrogens is 347 g/mol. The van der Waals surface area contributed by atoms with Gasteiger partial charge in [-0.15, -0.1) is 6.42 Å². The minimum absolute atomic E-state index is 0.0960. The van der Waals surface area contributed by atoms with Crippen LogP contribution < -0.4 is 14.8 Å². The number of hydrogen-bond donors (Lipinski definition) is 1. The van der Waals surface area contributed by atoms with Crippen LogP contribution >= 0.6 is 0 Å². The molecule has 0 radical (unpaired) electrons. The van der Waals surface area contributed by atoms with Gasteiger partial charge in [0.15, 0.2) is 11.5 Å². The Bertz CT molecular complexity index is 922. The number of anilines is 1. The lowest BCUT2D eigenvalue weighted by Crippen LogP contribution is -2.13. The van der Waals surface area contributed by atoms with Crippen LogP contribution in [-0.2, 0) is 4.79 Å². The van der Waals surface area contributed by atoms with E-state index in [1.54, 1.807) is 18.2 Å². The van der Waals surface area contributed by atoms with E-state index in [1.165, 1.54) is 30.3 Å². The van der Waals surface area contributed by atoms with Gasteiger partial charge in [-0.25, -0.2) is 4.39 Å². The van der Waals surface area contributed by atoms with Gasteiger partial charge in [-0.2, -0.15) is 5.26 Å². The molecule has 0 unspecified atom stereocenters. The molecule has 0 saturated carbocycles. The molecule has 0 atom stereocenters. The highest BCUT2D eigenvalue weighted by molar-refractivity contribution is 6.09. The van der Waals surface area contributed by atoms with E-state index >= 15 is 0 Å². The Kier molecular flexibility index (Phi) is 6.99. The minimum Gasteiger partial charge on any atom is -0.490 e. The quantitative estimate of drug-likeness (QED) is 0.461. The zero-order chi connectivity index (χ0) is 19.6. The van der Waals surface area contributed by atoms with E-state index in [9.17, 15) is 14.4 Å². The third-order valence-electron chi connectivity index (χ3n) is 3.36. The minimum atomic E-state index is -0.602. The maximum absolute atomic E-state index is 12.9. The van der Waals surface area contributed by atoms with Crippen molar-refractivity contribution in [2.24, 2.45) is 0 Å². The first-order valence-electron chi connectivity index (χ1n) is 8.09. The van der Waals surface area contributed by atoms with E-state index in [4.69, 9.17) is 15.9 Å². The van der Waals surface area contributed by atoms with Crippen LogP contribution in [0.3, 0.4) is 0 Å². The van der Waals surface area contributed by atoms with Crippen molar-refractivity contribution >= 4 is 17.7 Å². The normalized spacial score (nSPS) is 10.4. The summed E-state index contributed by atoms with van der Waals surface area (Å²) < 4.78 is 23.9. The fraction of sp³-hybridized carbons (Fsp3) is 0.143. The predicted molar refractivity (Wildman–Crippen MR) is 101 cm³/mol. The first kappa shape index (κ1) is 19.6. The third kappa shape index (κ3) is 5.62. The molecule has 0 fully saturated rings. The number of nitriles is 1. The van der Waals surface area contributed by atoms with Gasteiger partial charge in [0, 0.05) is 5.69 Å². The Labute approximate surface area is 157 Å². The number of amides is 1. The van der Waals surface area contributed by atoms with E-state index in [-0.39, 0.29) is 12.2 Å². The molecule has 2 aromatic carbocycles. The van der Waals surface area contributed by atoms with Gasteiger partial charge in [0.25, 0.3) is 5.91 Å². The van der Waals surface area contributed by atoms with Gasteiger partial charge in [-0.05, 0) is 55.0 Å². The van der Waals surface area contributed by atoms with Gasteiger partial charge in [-0.1, -0.05) is 12.0 Å². The summed E-state index contributed by atoms with van der Waals surface area (Å²) in [5.41, 5.74) is 0.854. The van der Waals surface area contributed by atoms with Crippen LogP contribution in [-0.4, -0.2) is 19.1 Å². The summed E-state index contributed by atoms with van der Waals surface area (Å²) in [6.07, 6.45) is 6.62. The zero-order valence-electron chi connectivity index (χ0n) is 14.7. The van der Waals surface area contributed by atoms with Crippen molar-refractivity contribution in [1.82, 2.24) is 0 Å². The van der Waals surface area contributed by atoms with Crippen LogP contribution in [0.2, 0.25) is 0 Å². The molecule has 0 aliphatic rings. The molecule has 136 valence electrons. The van der Waals surface area contributed by atoms with Crippen molar-refractivity contribution in [2.75, 3.05) is 18.5 Å². The number of ether oxygens (including phenoxy) is 2. The third-order valence-corrected chi connectivity index (χ3v) is 3.36. The van der Waals surface area contributed by atoms with E-state index in [0.717, 1.165) is 0 Å². The fourth-order valence-electron chi connectivity index (χ4n) is 2.17. The Morgan fingerprint density at radius 3 is 2.59 bits per heavy atom. The number of rotatable bonds is 7. The van der Waals surface area contributed by atoms with E-state index < -0.39 is 11.7 Å². The second-order valence-electron chi connectivity index (χ2n) is 5.26. The van der Waals surface area contributed by atoms with Gasteiger partial charge in [-0.3, -0.25) is 4.79 Å². The van der Waals surface area contributed by atoms with Crippen LogP contribution in [0.1, 0.15) is 12.5 Å². The SMILES string of the molecule is C#CCOc1ccc(/C=C(\C#N)C(=O)Nc2ccc(F)cc2)cc1OCC. The highest BCUT2D eigenvalue weighted by Crippen LogP contribution is 2.29. The highest BCUT2D eigenvalue weighted by atomic mass is 19.1. The molecule has 0 heterocycles. The molecule has 1 N–H and O–H groups in total. The topological polar surface area (TPSA) is 71.3 Å². The molecule has 0 aliphatic carbocycles. The summed E-state index contributed by atoms with van der Waals surface area (Å²) in [5.74, 6) is 2.28. The van der Waals surface area contributed by atoms with Crippen molar-refractivity contribution in [1.29, 1.82) is 5.26 Å². The molecule has 6 heteroatoms. The second kappa shape index (κ2) is 9.65. The van der Waals surface area contributed by atoms with Gasteiger partial charge in [0.05, 0.1) is 6.61 Å². The van der Waals surface area contributed by atoms with Crippen LogP contribution in [0.5, 0.6) is 11.5 Å². The Balaban J connectivity index is 2.24. The monoisotopic (exact) mass is 364 g/mol. The molecule has 0 saturated heterocycles. The first-order valence-corrected chi connectivity index (χ1v) is 8.09. The maximum Gasteiger partial charge on any atom is 0.266 e. The molecule has 1 amide bonds. The van der Waals surface area contributed by atoms with Crippen LogP contribution in [0.25, 0.3) is 6.08 Å². The summed E-state index contributed by atoms with van der Waals surface area (Å²) >= 11 is 0. The molecule has 2 aromatic rings. The molecular formula is C21H17FN2O3. The molecule has 5 nitrogen and oxygen atoms in total. The van der Waals surface area contributed by atoms with Gasteiger partial charge >= 0.3 is 0 Å². The molecule has 0 aromatic heterocycles. The molecule has 27 heavy (non-hydrogen) atoms. The molecule has 0 aliphatic heterocycles. The number of nitrogens with zero attached hydrogens (tertiary/aromatic N) is 1. The highest BCUT2D eigenvalue weighted by Gasteiger charge is 2.11. The molecule has 0 spiro atoms. The smallest absolute Gasteiger partial charge is 0.266 e. The second-order valence-corrected chi connectivity index (χ2v) is 5.26. The average Bonchev–Trinajstić information content (AvgIpc) is 2.67. The Morgan fingerprint density at radius 2 is 1.96 bits per heavy atom. The average molecular weight is 364 g/mol. The summed E-state index contributed by atoms with van der Waals surface area (Å²) in [5, 5.41) is 11.9. The number of carbonyl (C=O) groups is 1. The van der Waals surface area contributed by atoms with Crippen LogP contribution in [0, 0.1) is 29.5 Å². The van der Waals surface area contributed by atoms with Crippen molar-refractivity contribution in [3.63, 3.8) is 0 Å². The van der Waals surface area contributed by atoms with Crippen molar-refractivity contribution in [3.05, 3.63) is 59.4 Å². The zero-order valence-corrected chi connectivity index (χ0v) is 14.7. The Morgan fingerprint density at radius 1 is 1.22 bits per heavy atom. The number of halogens is 1.